The summed E-state index contributed by atoms with van der Waals surface area (Å²) >= 11 is 0. The lowest BCUT2D eigenvalue weighted by atomic mass is 10.2. The SMILES string of the molecule is O=S(=O)(Nc1cncnc1)c1ccc(F)c(CO)c1. The van der Waals surface area contributed by atoms with E-state index in [-0.39, 0.29) is 16.1 Å². The third-order valence-corrected chi connectivity index (χ3v) is 3.69. The molecule has 0 aliphatic rings. The number of nitrogens with zero attached hydrogens (tertiary/aromatic N) is 2. The van der Waals surface area contributed by atoms with Crippen LogP contribution >= 0.6 is 0 Å². The summed E-state index contributed by atoms with van der Waals surface area (Å²) in [6.07, 6.45) is 3.85. The maximum Gasteiger partial charge on any atom is 0.262 e. The minimum Gasteiger partial charge on any atom is -0.392 e. The van der Waals surface area contributed by atoms with Crippen molar-refractivity contribution in [2.45, 2.75) is 11.5 Å². The van der Waals surface area contributed by atoms with Crippen LogP contribution in [0.2, 0.25) is 0 Å². The Hall–Kier alpha value is -2.06. The first-order chi connectivity index (χ1) is 9.03. The molecule has 8 heteroatoms. The molecule has 0 aliphatic heterocycles. The number of aromatic nitrogens is 2. The van der Waals surface area contributed by atoms with Gasteiger partial charge in [0.05, 0.1) is 29.6 Å². The van der Waals surface area contributed by atoms with E-state index in [1.165, 1.54) is 18.7 Å². The zero-order valence-electron chi connectivity index (χ0n) is 9.62. The smallest absolute Gasteiger partial charge is 0.262 e. The van der Waals surface area contributed by atoms with Gasteiger partial charge in [-0.15, -0.1) is 0 Å². The Bertz CT molecular complexity index is 677. The fourth-order valence-corrected chi connectivity index (χ4v) is 2.48. The third kappa shape index (κ3) is 3.04. The van der Waals surface area contributed by atoms with E-state index >= 15 is 0 Å². The molecule has 2 aromatic rings. The Morgan fingerprint density at radius 2 is 1.95 bits per heavy atom. The third-order valence-electron chi connectivity index (χ3n) is 2.31. The fraction of sp³-hybridized carbons (Fsp3) is 0.0909. The minimum atomic E-state index is -3.87. The molecule has 2 N–H and O–H groups in total. The van der Waals surface area contributed by atoms with E-state index < -0.39 is 22.4 Å². The summed E-state index contributed by atoms with van der Waals surface area (Å²) in [6.45, 7) is -0.580. The second-order valence-electron chi connectivity index (χ2n) is 3.64. The van der Waals surface area contributed by atoms with Crippen molar-refractivity contribution in [2.75, 3.05) is 4.72 Å². The van der Waals surface area contributed by atoms with Crippen molar-refractivity contribution in [3.8, 4) is 0 Å². The first-order valence-electron chi connectivity index (χ1n) is 5.20. The van der Waals surface area contributed by atoms with Crippen molar-refractivity contribution >= 4 is 15.7 Å². The van der Waals surface area contributed by atoms with Crippen LogP contribution in [0.5, 0.6) is 0 Å². The van der Waals surface area contributed by atoms with Crippen LogP contribution in [0.3, 0.4) is 0 Å². The topological polar surface area (TPSA) is 92.2 Å². The van der Waals surface area contributed by atoms with Crippen LogP contribution in [-0.4, -0.2) is 23.5 Å². The highest BCUT2D eigenvalue weighted by Gasteiger charge is 2.16. The minimum absolute atomic E-state index is 0.0906. The van der Waals surface area contributed by atoms with Gasteiger partial charge in [-0.1, -0.05) is 0 Å². The standard InChI is InChI=1S/C11H10FN3O3S/c12-11-2-1-10(3-8(11)6-16)19(17,18)15-9-4-13-7-14-5-9/h1-5,7,15-16H,6H2. The molecule has 0 saturated carbocycles. The van der Waals surface area contributed by atoms with Crippen LogP contribution in [0, 0.1) is 5.82 Å². The van der Waals surface area contributed by atoms with Gasteiger partial charge < -0.3 is 5.11 Å². The summed E-state index contributed by atoms with van der Waals surface area (Å²) in [5.41, 5.74) is 0.101. The molecule has 0 aliphatic carbocycles. The van der Waals surface area contributed by atoms with Crippen LogP contribution < -0.4 is 4.72 Å². The van der Waals surface area contributed by atoms with E-state index in [0.717, 1.165) is 18.2 Å². The number of halogens is 1. The first-order valence-corrected chi connectivity index (χ1v) is 6.68. The highest BCUT2D eigenvalue weighted by Crippen LogP contribution is 2.18. The summed E-state index contributed by atoms with van der Waals surface area (Å²) in [5.74, 6) is -0.663. The lowest BCUT2D eigenvalue weighted by Gasteiger charge is -2.08. The van der Waals surface area contributed by atoms with Gasteiger partial charge in [0.2, 0.25) is 0 Å². The van der Waals surface area contributed by atoms with Crippen LogP contribution in [-0.2, 0) is 16.6 Å². The van der Waals surface area contributed by atoms with Gasteiger partial charge in [0.25, 0.3) is 10.0 Å². The van der Waals surface area contributed by atoms with Crippen molar-refractivity contribution in [1.29, 1.82) is 0 Å². The number of sulfonamides is 1. The Morgan fingerprint density at radius 1 is 1.26 bits per heavy atom. The molecule has 1 aromatic carbocycles. The number of hydrogen-bond acceptors (Lipinski definition) is 5. The molecule has 1 aromatic heterocycles. The van der Waals surface area contributed by atoms with Gasteiger partial charge in [-0.2, -0.15) is 0 Å². The van der Waals surface area contributed by atoms with Crippen LogP contribution in [0.25, 0.3) is 0 Å². The second kappa shape index (κ2) is 5.29. The Kier molecular flexibility index (Phi) is 3.72. The highest BCUT2D eigenvalue weighted by atomic mass is 32.2. The van der Waals surface area contributed by atoms with Crippen LogP contribution in [0.4, 0.5) is 10.1 Å². The van der Waals surface area contributed by atoms with Gasteiger partial charge in [0.15, 0.2) is 0 Å². The quantitative estimate of drug-likeness (QED) is 0.870. The van der Waals surface area contributed by atoms with Gasteiger partial charge in [-0.05, 0) is 18.2 Å². The second-order valence-corrected chi connectivity index (χ2v) is 5.33. The largest absolute Gasteiger partial charge is 0.392 e. The summed E-state index contributed by atoms with van der Waals surface area (Å²) in [4.78, 5) is 7.19. The predicted molar refractivity (Wildman–Crippen MR) is 65.2 cm³/mol. The van der Waals surface area contributed by atoms with E-state index in [1.807, 2.05) is 0 Å². The maximum atomic E-state index is 13.2. The summed E-state index contributed by atoms with van der Waals surface area (Å²) in [6, 6.07) is 3.17. The van der Waals surface area contributed by atoms with Crippen molar-refractivity contribution in [2.24, 2.45) is 0 Å². The molecule has 0 spiro atoms. The molecule has 0 fully saturated rings. The van der Waals surface area contributed by atoms with Crippen molar-refractivity contribution in [3.63, 3.8) is 0 Å². The van der Waals surface area contributed by atoms with Crippen molar-refractivity contribution in [3.05, 3.63) is 48.3 Å². The average molecular weight is 283 g/mol. The number of anilines is 1. The number of rotatable bonds is 4. The first kappa shape index (κ1) is 13.4. The van der Waals surface area contributed by atoms with E-state index in [4.69, 9.17) is 5.11 Å². The molecular weight excluding hydrogens is 273 g/mol. The van der Waals surface area contributed by atoms with Crippen molar-refractivity contribution in [1.82, 2.24) is 9.97 Å². The van der Waals surface area contributed by atoms with Gasteiger partial charge >= 0.3 is 0 Å². The molecule has 0 unspecified atom stereocenters. The van der Waals surface area contributed by atoms with E-state index in [9.17, 15) is 12.8 Å². The zero-order valence-corrected chi connectivity index (χ0v) is 10.4. The van der Waals surface area contributed by atoms with Gasteiger partial charge in [-0.3, -0.25) is 4.72 Å². The van der Waals surface area contributed by atoms with Gasteiger partial charge in [0.1, 0.15) is 12.1 Å². The van der Waals surface area contributed by atoms with Crippen molar-refractivity contribution < 1.29 is 17.9 Å². The highest BCUT2D eigenvalue weighted by molar-refractivity contribution is 7.92. The molecule has 0 radical (unpaired) electrons. The zero-order chi connectivity index (χ0) is 13.9. The molecule has 0 bridgehead atoms. The Balaban J connectivity index is 2.35. The number of nitrogens with one attached hydrogen (secondary N) is 1. The Labute approximate surface area is 109 Å². The normalized spacial score (nSPS) is 11.3. The van der Waals surface area contributed by atoms with Crippen LogP contribution in [0.1, 0.15) is 5.56 Å². The molecule has 100 valence electrons. The summed E-state index contributed by atoms with van der Waals surface area (Å²) < 4.78 is 39.5. The van der Waals surface area contributed by atoms with E-state index in [0.29, 0.717) is 0 Å². The lowest BCUT2D eigenvalue weighted by molar-refractivity contribution is 0.275. The summed E-state index contributed by atoms with van der Waals surface area (Å²) in [5, 5.41) is 8.92. The summed E-state index contributed by atoms with van der Waals surface area (Å²) in [7, 11) is -3.87. The molecule has 19 heavy (non-hydrogen) atoms. The monoisotopic (exact) mass is 283 g/mol. The molecule has 1 heterocycles. The molecule has 0 atom stereocenters. The predicted octanol–water partition coefficient (Wildman–Crippen LogP) is 0.909. The van der Waals surface area contributed by atoms with E-state index in [1.54, 1.807) is 0 Å². The molecule has 0 saturated heterocycles. The van der Waals surface area contributed by atoms with Gasteiger partial charge in [-0.25, -0.2) is 22.8 Å². The number of aliphatic hydroxyl groups excluding tert-OH is 1. The number of aliphatic hydroxyl groups is 1. The molecular formula is C11H10FN3O3S. The maximum absolute atomic E-state index is 13.2. The van der Waals surface area contributed by atoms with Crippen LogP contribution in [0.15, 0.2) is 41.8 Å². The fourth-order valence-electron chi connectivity index (χ4n) is 1.41. The number of benzene rings is 1. The number of hydrogen-bond donors (Lipinski definition) is 2. The molecule has 0 amide bonds. The Morgan fingerprint density at radius 3 is 2.58 bits per heavy atom. The lowest BCUT2D eigenvalue weighted by Crippen LogP contribution is -2.14. The average Bonchev–Trinajstić information content (AvgIpc) is 2.39. The van der Waals surface area contributed by atoms with E-state index in [2.05, 4.69) is 14.7 Å². The molecule has 2 rings (SSSR count). The van der Waals surface area contributed by atoms with Gasteiger partial charge in [0, 0.05) is 5.56 Å². The molecule has 6 nitrogen and oxygen atoms in total.